The van der Waals surface area contributed by atoms with Gasteiger partial charge in [0.05, 0.1) is 24.3 Å². The molecule has 5 heteroatoms. The molecule has 2 aromatic heterocycles. The van der Waals surface area contributed by atoms with Crippen molar-refractivity contribution in [3.63, 3.8) is 0 Å². The smallest absolute Gasteiger partial charge is 0.148 e. The molecule has 5 nitrogen and oxygen atoms in total. The van der Waals surface area contributed by atoms with E-state index in [0.29, 0.717) is 11.7 Å². The van der Waals surface area contributed by atoms with E-state index in [1.54, 1.807) is 31.0 Å². The normalized spacial score (nSPS) is 14.8. The lowest BCUT2D eigenvalue weighted by Crippen LogP contribution is -1.97. The first-order chi connectivity index (χ1) is 7.92. The Hall–Kier alpha value is -2.04. The van der Waals surface area contributed by atoms with Crippen molar-refractivity contribution in [2.45, 2.75) is 18.8 Å². The van der Waals surface area contributed by atoms with Crippen LogP contribution in [-0.2, 0) is 0 Å². The molecule has 0 amide bonds. The van der Waals surface area contributed by atoms with Crippen molar-refractivity contribution in [1.82, 2.24) is 19.9 Å². The summed E-state index contributed by atoms with van der Waals surface area (Å²) in [6, 6.07) is 0. The van der Waals surface area contributed by atoms with Crippen LogP contribution in [0.25, 0.3) is 0 Å². The van der Waals surface area contributed by atoms with Gasteiger partial charge in [0, 0.05) is 18.3 Å². The van der Waals surface area contributed by atoms with Gasteiger partial charge in [-0.15, -0.1) is 0 Å². The van der Waals surface area contributed by atoms with Gasteiger partial charge in [-0.1, -0.05) is 0 Å². The minimum absolute atomic E-state index is 0.588. The van der Waals surface area contributed by atoms with Gasteiger partial charge in [0.1, 0.15) is 11.6 Å². The van der Waals surface area contributed by atoms with Gasteiger partial charge in [-0.25, -0.2) is 15.0 Å². The molecule has 1 aliphatic carbocycles. The largest absolute Gasteiger partial charge is 0.336 e. The second kappa shape index (κ2) is 3.84. The first kappa shape index (κ1) is 9.21. The monoisotopic (exact) mass is 213 g/mol. The van der Waals surface area contributed by atoms with E-state index in [-0.39, 0.29) is 0 Å². The number of anilines is 2. The van der Waals surface area contributed by atoms with Crippen LogP contribution in [0.15, 0.2) is 31.0 Å². The van der Waals surface area contributed by atoms with Crippen LogP contribution in [0, 0.1) is 0 Å². The van der Waals surface area contributed by atoms with Gasteiger partial charge in [0.25, 0.3) is 0 Å². The third-order valence-corrected chi connectivity index (χ3v) is 2.45. The van der Waals surface area contributed by atoms with Crippen molar-refractivity contribution >= 4 is 11.5 Å². The zero-order valence-corrected chi connectivity index (χ0v) is 8.67. The van der Waals surface area contributed by atoms with Crippen LogP contribution >= 0.6 is 0 Å². The average molecular weight is 213 g/mol. The molecule has 1 aliphatic rings. The molecule has 0 aliphatic heterocycles. The summed E-state index contributed by atoms with van der Waals surface area (Å²) >= 11 is 0. The molecule has 16 heavy (non-hydrogen) atoms. The number of nitrogens with one attached hydrogen (secondary N) is 1. The molecule has 3 rings (SSSR count). The Morgan fingerprint density at radius 2 is 1.81 bits per heavy atom. The van der Waals surface area contributed by atoms with Crippen molar-refractivity contribution < 1.29 is 0 Å². The summed E-state index contributed by atoms with van der Waals surface area (Å²) in [6.07, 6.45) is 11.0. The number of aromatic nitrogens is 4. The van der Waals surface area contributed by atoms with Crippen LogP contribution < -0.4 is 5.32 Å². The SMILES string of the molecule is c1cnc(Nc2cnc(C3CC3)nc2)cn1. The van der Waals surface area contributed by atoms with Gasteiger partial charge >= 0.3 is 0 Å². The lowest BCUT2D eigenvalue weighted by molar-refractivity contribution is 0.928. The Balaban J connectivity index is 1.75. The summed E-state index contributed by atoms with van der Waals surface area (Å²) in [6.45, 7) is 0. The standard InChI is InChI=1S/C11H11N5/c1-2-8(1)11-14-5-9(6-15-11)16-10-7-12-3-4-13-10/h3-8H,1-2H2,(H,13,16). The number of hydrogen-bond acceptors (Lipinski definition) is 5. The summed E-state index contributed by atoms with van der Waals surface area (Å²) in [5.74, 6) is 2.24. The van der Waals surface area contributed by atoms with Gasteiger partial charge < -0.3 is 5.32 Å². The zero-order valence-electron chi connectivity index (χ0n) is 8.67. The Bertz CT molecular complexity index is 463. The summed E-state index contributed by atoms with van der Waals surface area (Å²) in [5, 5.41) is 3.09. The van der Waals surface area contributed by atoms with Crippen molar-refractivity contribution in [3.8, 4) is 0 Å². The minimum Gasteiger partial charge on any atom is -0.336 e. The Kier molecular flexibility index (Phi) is 2.21. The summed E-state index contributed by atoms with van der Waals surface area (Å²) < 4.78 is 0. The van der Waals surface area contributed by atoms with E-state index in [9.17, 15) is 0 Å². The first-order valence-electron chi connectivity index (χ1n) is 5.27. The van der Waals surface area contributed by atoms with Gasteiger partial charge in [0.15, 0.2) is 0 Å². The Morgan fingerprint density at radius 1 is 1.00 bits per heavy atom. The molecule has 0 unspecified atom stereocenters. The lowest BCUT2D eigenvalue weighted by atomic mass is 10.4. The number of rotatable bonds is 3. The molecule has 2 aromatic rings. The van der Waals surface area contributed by atoms with Crippen LogP contribution in [0.5, 0.6) is 0 Å². The second-order valence-corrected chi connectivity index (χ2v) is 3.82. The fourth-order valence-electron chi connectivity index (χ4n) is 1.47. The van der Waals surface area contributed by atoms with E-state index in [4.69, 9.17) is 0 Å². The molecule has 0 saturated heterocycles. The topological polar surface area (TPSA) is 63.6 Å². The summed E-state index contributed by atoms with van der Waals surface area (Å²) in [5.41, 5.74) is 0.838. The highest BCUT2D eigenvalue weighted by Gasteiger charge is 2.26. The predicted octanol–water partition coefficient (Wildman–Crippen LogP) is 1.89. The molecular weight excluding hydrogens is 202 g/mol. The molecule has 1 saturated carbocycles. The molecule has 2 heterocycles. The van der Waals surface area contributed by atoms with Crippen LogP contribution in [0.4, 0.5) is 11.5 Å². The maximum Gasteiger partial charge on any atom is 0.148 e. The van der Waals surface area contributed by atoms with Crippen LogP contribution in [0.2, 0.25) is 0 Å². The summed E-state index contributed by atoms with van der Waals surface area (Å²) in [4.78, 5) is 16.7. The van der Waals surface area contributed by atoms with Crippen molar-refractivity contribution in [2.75, 3.05) is 5.32 Å². The molecule has 1 N–H and O–H groups in total. The van der Waals surface area contributed by atoms with Gasteiger partial charge in [-0.2, -0.15) is 0 Å². The van der Waals surface area contributed by atoms with E-state index >= 15 is 0 Å². The number of hydrogen-bond donors (Lipinski definition) is 1. The quantitative estimate of drug-likeness (QED) is 0.843. The number of nitrogens with zero attached hydrogens (tertiary/aromatic N) is 4. The molecule has 0 spiro atoms. The molecule has 1 fully saturated rings. The van der Waals surface area contributed by atoms with Gasteiger partial charge in [-0.3, -0.25) is 4.98 Å². The molecule has 0 bridgehead atoms. The molecule has 0 aromatic carbocycles. The van der Waals surface area contributed by atoms with Crippen LogP contribution in [0.1, 0.15) is 24.6 Å². The van der Waals surface area contributed by atoms with Crippen LogP contribution in [-0.4, -0.2) is 19.9 Å². The maximum atomic E-state index is 4.32. The van der Waals surface area contributed by atoms with Gasteiger partial charge in [-0.05, 0) is 12.8 Å². The highest BCUT2D eigenvalue weighted by molar-refractivity contribution is 5.52. The Morgan fingerprint density at radius 3 is 2.44 bits per heavy atom. The second-order valence-electron chi connectivity index (χ2n) is 3.82. The fourth-order valence-corrected chi connectivity index (χ4v) is 1.47. The highest BCUT2D eigenvalue weighted by Crippen LogP contribution is 2.37. The van der Waals surface area contributed by atoms with E-state index in [0.717, 1.165) is 11.5 Å². The first-order valence-corrected chi connectivity index (χ1v) is 5.27. The Labute approximate surface area is 93.0 Å². The predicted molar refractivity (Wildman–Crippen MR) is 59.3 cm³/mol. The van der Waals surface area contributed by atoms with E-state index in [1.807, 2.05) is 0 Å². The third-order valence-electron chi connectivity index (χ3n) is 2.45. The molecule has 80 valence electrons. The summed E-state index contributed by atoms with van der Waals surface area (Å²) in [7, 11) is 0. The van der Waals surface area contributed by atoms with Crippen LogP contribution in [0.3, 0.4) is 0 Å². The lowest BCUT2D eigenvalue weighted by Gasteiger charge is -2.04. The van der Waals surface area contributed by atoms with Crippen molar-refractivity contribution in [1.29, 1.82) is 0 Å². The van der Waals surface area contributed by atoms with E-state index in [2.05, 4.69) is 25.3 Å². The third kappa shape index (κ3) is 1.98. The maximum absolute atomic E-state index is 4.32. The minimum atomic E-state index is 0.588. The fraction of sp³-hybridized carbons (Fsp3) is 0.273. The average Bonchev–Trinajstić information content (AvgIpc) is 3.15. The van der Waals surface area contributed by atoms with Crippen molar-refractivity contribution in [3.05, 3.63) is 36.8 Å². The van der Waals surface area contributed by atoms with Crippen molar-refractivity contribution in [2.24, 2.45) is 0 Å². The van der Waals surface area contributed by atoms with E-state index < -0.39 is 0 Å². The zero-order chi connectivity index (χ0) is 10.8. The molecular formula is C11H11N5. The highest BCUT2D eigenvalue weighted by atomic mass is 15.0. The molecule has 0 radical (unpaired) electrons. The van der Waals surface area contributed by atoms with E-state index in [1.165, 1.54) is 12.8 Å². The van der Waals surface area contributed by atoms with Gasteiger partial charge in [0.2, 0.25) is 0 Å². The molecule has 0 atom stereocenters.